The SMILES string of the molecule is C#CC.CCCCC(CC)CC(CC(CC)CCCC)n1c2c[c]([Sn]([CH3])([CH3])[CH3])sc2c2s[c]([Sn]([CH3])([CH3])[CH3])cc21.CCCCC(CC)CC(CC(CC)CCCC)n1c2cc(C)sc2c2sc(-c3ccc(-c4ccc(-c5c(F)c(F)c(-c6ccc(-c7ccc(C)s7)s6)c(F)c5F)s4)s3)cc21.CCCCCCc1cc(-c2sc(-c3c(F)c(F)c(-c4cc(C)c(-c5ccc(Br)s5)s4)c(F)c3F)cc2CCCCCC)sc1Br.[HH].[HH].[HH].[HH].[HH].[HH]. The first kappa shape index (κ1) is 117. The van der Waals surface area contributed by atoms with Gasteiger partial charge in [0.25, 0.3) is 0 Å². The Morgan fingerprint density at radius 1 is 0.319 bits per heavy atom. The van der Waals surface area contributed by atoms with Gasteiger partial charge in [-0.2, -0.15) is 0 Å². The predicted octanol–water partition coefficient (Wildman–Crippen LogP) is 47.5. The minimum Gasteiger partial charge on any atom is -0.336 e. The zero-order valence-corrected chi connectivity index (χ0v) is 106. The smallest absolute Gasteiger partial charge is 0.171 e. The molecule has 4 unspecified atom stereocenters. The Kier molecular flexibility index (Phi) is 44.1. The van der Waals surface area contributed by atoms with E-state index in [1.54, 1.807) is 97.5 Å². The number of terminal acetylenes is 1. The second kappa shape index (κ2) is 54.2. The summed E-state index contributed by atoms with van der Waals surface area (Å²) in [6.45, 7) is 30.9. The predicted molar refractivity (Wildman–Crippen MR) is 657 cm³/mol. The number of hydrogen-bond acceptors (Lipinski definition) is 12. The van der Waals surface area contributed by atoms with Crippen LogP contribution >= 0.6 is 168 Å². The molecule has 4 atom stereocenters. The second-order valence-corrected chi connectivity index (χ2v) is 87.8. The molecule has 0 bridgehead atoms. The molecule has 2 aromatic carbocycles. The van der Waals surface area contributed by atoms with Gasteiger partial charge in [-0.15, -0.1) is 126 Å². The van der Waals surface area contributed by atoms with Crippen molar-refractivity contribution in [2.75, 3.05) is 0 Å². The number of benzene rings is 2. The van der Waals surface area contributed by atoms with Crippen LogP contribution in [0.2, 0.25) is 29.6 Å². The molecule has 0 spiro atoms. The quantitative estimate of drug-likeness (QED) is 0.0118. The fraction of sp³-hybridized carbons (Fsp3) is 0.475. The Labute approximate surface area is 935 Å². The third-order valence-corrected chi connectivity index (χ3v) is 63.0. The molecule has 788 valence electrons. The molecule has 14 heterocycles. The van der Waals surface area contributed by atoms with E-state index in [-0.39, 0.29) is 28.1 Å². The molecule has 144 heavy (non-hydrogen) atoms. The van der Waals surface area contributed by atoms with E-state index in [0.29, 0.717) is 23.9 Å². The molecule has 14 aromatic heterocycles. The van der Waals surface area contributed by atoms with Crippen LogP contribution < -0.4 is 5.79 Å². The van der Waals surface area contributed by atoms with E-state index in [1.807, 2.05) is 66.9 Å². The molecular weight excluding hydrogens is 2380 g/mol. The van der Waals surface area contributed by atoms with Crippen LogP contribution in [0.3, 0.4) is 0 Å². The summed E-state index contributed by atoms with van der Waals surface area (Å²) in [5, 5.41) is 0. The third-order valence-electron chi connectivity index (χ3n) is 28.1. The van der Waals surface area contributed by atoms with Gasteiger partial charge in [0, 0.05) is 92.6 Å². The van der Waals surface area contributed by atoms with Crippen molar-refractivity contribution in [3.8, 4) is 103 Å². The number of thiophene rings is 12. The first-order valence-corrected chi connectivity index (χ1v) is 83.8. The van der Waals surface area contributed by atoms with E-state index in [1.165, 1.54) is 212 Å². The van der Waals surface area contributed by atoms with Crippen molar-refractivity contribution in [1.29, 1.82) is 0 Å². The molecule has 26 heteroatoms. The van der Waals surface area contributed by atoms with Gasteiger partial charge in [-0.1, -0.05) is 131 Å². The summed E-state index contributed by atoms with van der Waals surface area (Å²) < 4.78 is 144. The Morgan fingerprint density at radius 2 is 0.660 bits per heavy atom. The molecule has 0 aliphatic heterocycles. The van der Waals surface area contributed by atoms with E-state index in [2.05, 4.69) is 218 Å². The van der Waals surface area contributed by atoms with Crippen molar-refractivity contribution in [3.05, 3.63) is 184 Å². The second-order valence-electron chi connectivity index (χ2n) is 41.1. The van der Waals surface area contributed by atoms with Crippen LogP contribution in [0.1, 0.15) is 303 Å². The summed E-state index contributed by atoms with van der Waals surface area (Å²) in [6, 6.07) is 35.2. The summed E-state index contributed by atoms with van der Waals surface area (Å²) in [5.41, 5.74) is 6.23. The van der Waals surface area contributed by atoms with E-state index in [0.717, 1.165) is 158 Å². The molecule has 0 fully saturated rings. The van der Waals surface area contributed by atoms with Crippen LogP contribution in [0.15, 0.2) is 111 Å². The number of hydrogen-bond donors (Lipinski definition) is 0. The van der Waals surface area contributed by atoms with E-state index < -0.39 is 106 Å². The summed E-state index contributed by atoms with van der Waals surface area (Å²) in [4.78, 5) is 28.1. The third kappa shape index (κ3) is 27.8. The van der Waals surface area contributed by atoms with Crippen LogP contribution in [0.25, 0.3) is 131 Å². The van der Waals surface area contributed by atoms with Crippen molar-refractivity contribution < 1.29 is 43.7 Å². The maximum absolute atomic E-state index is 15.9. The summed E-state index contributed by atoms with van der Waals surface area (Å²) in [6.07, 6.45) is 41.1. The van der Waals surface area contributed by atoms with Crippen molar-refractivity contribution >= 4 is 251 Å². The Hall–Kier alpha value is -4.00. The fourth-order valence-electron chi connectivity index (χ4n) is 19.9. The summed E-state index contributed by atoms with van der Waals surface area (Å²) in [5.74, 6) is -5.61. The molecule has 0 radical (unpaired) electrons. The topological polar surface area (TPSA) is 9.86 Å². The molecule has 0 aliphatic rings. The summed E-state index contributed by atoms with van der Waals surface area (Å²) >= 11 is 21.9. The van der Waals surface area contributed by atoms with Crippen LogP contribution in [-0.4, -0.2) is 45.9 Å². The number of unbranched alkanes of at least 4 members (excludes halogenated alkanes) is 10. The van der Waals surface area contributed by atoms with Crippen LogP contribution in [0, 0.1) is 103 Å². The van der Waals surface area contributed by atoms with Gasteiger partial charge in [-0.3, -0.25) is 0 Å². The molecule has 16 aromatic rings. The van der Waals surface area contributed by atoms with Gasteiger partial charge in [0.1, 0.15) is 0 Å². The van der Waals surface area contributed by atoms with Crippen LogP contribution in [0.4, 0.5) is 35.1 Å². The molecule has 0 aliphatic carbocycles. The first-order chi connectivity index (χ1) is 69.0. The molecule has 0 saturated heterocycles. The minimum absolute atomic E-state index is 0. The first-order valence-electron chi connectivity index (χ1n) is 52.4. The van der Waals surface area contributed by atoms with Gasteiger partial charge in [0.15, 0.2) is 46.5 Å². The number of halogens is 10. The zero-order chi connectivity index (χ0) is 104. The monoisotopic (exact) mass is 2530 g/mol. The van der Waals surface area contributed by atoms with Gasteiger partial charge in [0.2, 0.25) is 0 Å². The van der Waals surface area contributed by atoms with Crippen molar-refractivity contribution in [3.63, 3.8) is 0 Å². The van der Waals surface area contributed by atoms with Crippen molar-refractivity contribution in [2.45, 2.75) is 331 Å². The fourth-order valence-corrected chi connectivity index (χ4v) is 45.1. The van der Waals surface area contributed by atoms with E-state index >= 15 is 35.1 Å². The average molecular weight is 2540 g/mol. The van der Waals surface area contributed by atoms with Crippen molar-refractivity contribution in [2.24, 2.45) is 23.7 Å². The molecule has 16 rings (SSSR count). The Balaban J connectivity index is 0.000000304. The number of fused-ring (bicyclic) bond motifs is 6. The largest absolute Gasteiger partial charge is 0.336 e. The van der Waals surface area contributed by atoms with Gasteiger partial charge in [0.05, 0.1) is 50.3 Å². The zero-order valence-electron chi connectivity index (χ0n) is 87.6. The maximum Gasteiger partial charge on any atom is 0.171 e. The summed E-state index contributed by atoms with van der Waals surface area (Å²) in [7, 11) is 0. The van der Waals surface area contributed by atoms with Gasteiger partial charge in [-0.25, -0.2) is 35.1 Å². The van der Waals surface area contributed by atoms with Gasteiger partial charge < -0.3 is 4.57 Å². The number of rotatable bonds is 47. The van der Waals surface area contributed by atoms with Crippen LogP contribution in [-0.2, 0) is 12.8 Å². The van der Waals surface area contributed by atoms with Gasteiger partial charge >= 0.3 is 242 Å². The molecule has 2 nitrogen and oxygen atoms in total. The standard InChI is InChI=1S/C49H51F4NS6.C35H34Br2F4S4.C25H37NS2.C3H4.6CH3.2Sn.6H2/c1-7-11-13-29(9-3)24-31(25-30(10-4)14-12-8-2)54-32-23-28(6)56-48(32)49-33(54)26-41(60-49)38-18-17-36(57-38)37-20-22-40(59-37)43-46(52)44(50)42(45(51)47(43)53)39-21-19-35(58-39)34-16-15-27(5)55-34;1-4-6-8-10-12-20-17-24(44-34(20)25-18-21(35(37)45-25)13-11-9-7-5-2)28-31(40)29(38)27(30(39)32(28)41)23-16-19(3)33(43-23)22-14-15-26(36)42-22;1-5-9-11-19(7-3)17-21(18-20(8-4)12-10-6-2)26-22-13-15-27-24(22)25-23(26)14-16-28-25;1-3-2;;;;;;;;;;;;;;/h15-23,26,29-31H,7-14,24-25H2,1-6H3;14-18H,4-13H2,1-3H3;13-14,19-21H,5-12,17-18H2,1-4H3;1H,2H3;6*1H3;;;6*1H. The molecular formula is C118H156Br2F8N2S12Sn2. The normalized spacial score (nSPS) is 13.3. The average Bonchev–Trinajstić information content (AvgIpc) is 1.60. The number of aromatic nitrogens is 2. The van der Waals surface area contributed by atoms with E-state index in [4.69, 9.17) is 0 Å². The van der Waals surface area contributed by atoms with E-state index in [9.17, 15) is 0 Å². The van der Waals surface area contributed by atoms with Gasteiger partial charge in [-0.05, 0) is 218 Å². The molecule has 0 N–H and O–H groups in total. The Morgan fingerprint density at radius 3 is 1.06 bits per heavy atom. The number of nitrogens with zero attached hydrogens (tertiary/aromatic N) is 2. The molecule has 0 saturated carbocycles. The maximum atomic E-state index is 15.9. The van der Waals surface area contributed by atoms with Crippen molar-refractivity contribution in [1.82, 2.24) is 9.13 Å². The molecule has 0 amide bonds. The number of aryl methyl sites for hydroxylation is 5. The van der Waals surface area contributed by atoms with Crippen LogP contribution in [0.5, 0.6) is 0 Å². The Bertz CT molecular complexity index is 6830. The minimum atomic E-state index is -2.14.